The molecule has 0 bridgehead atoms. The predicted octanol–water partition coefficient (Wildman–Crippen LogP) is 2.43. The van der Waals surface area contributed by atoms with Gasteiger partial charge in [0.15, 0.2) is 0 Å². The van der Waals surface area contributed by atoms with Crippen LogP contribution in [-0.4, -0.2) is 35.1 Å². The minimum absolute atomic E-state index is 0.0874. The average molecular weight is 316 g/mol. The number of nitrogens with zero attached hydrogens (tertiary/aromatic N) is 1. The van der Waals surface area contributed by atoms with Gasteiger partial charge >= 0.3 is 0 Å². The van der Waals surface area contributed by atoms with Crippen LogP contribution in [0, 0.1) is 11.7 Å². The minimum atomic E-state index is -0.519. The van der Waals surface area contributed by atoms with E-state index >= 15 is 0 Å². The fourth-order valence-electron chi connectivity index (χ4n) is 2.20. The molecule has 0 saturated carbocycles. The van der Waals surface area contributed by atoms with E-state index in [1.807, 2.05) is 0 Å². The zero-order valence-electron chi connectivity index (χ0n) is 10.1. The zero-order chi connectivity index (χ0) is 13.3. The van der Waals surface area contributed by atoms with Crippen molar-refractivity contribution in [2.45, 2.75) is 19.4 Å². The molecule has 1 amide bonds. The third kappa shape index (κ3) is 2.72. The molecule has 1 saturated heterocycles. The first kappa shape index (κ1) is 13.5. The second-order valence-corrected chi connectivity index (χ2v) is 5.58. The minimum Gasteiger partial charge on any atom is -0.393 e. The molecule has 0 radical (unpaired) electrons. The maximum atomic E-state index is 13.7. The van der Waals surface area contributed by atoms with E-state index < -0.39 is 11.9 Å². The van der Waals surface area contributed by atoms with Gasteiger partial charge in [0.2, 0.25) is 0 Å². The van der Waals surface area contributed by atoms with Crippen molar-refractivity contribution in [1.29, 1.82) is 0 Å². The number of carbonyl (C=O) groups excluding carboxylic acids is 1. The summed E-state index contributed by atoms with van der Waals surface area (Å²) in [4.78, 5) is 13.7. The maximum Gasteiger partial charge on any atom is 0.256 e. The van der Waals surface area contributed by atoms with Gasteiger partial charge in [0.05, 0.1) is 11.7 Å². The summed E-state index contributed by atoms with van der Waals surface area (Å²) in [5.74, 6) is -0.731. The topological polar surface area (TPSA) is 40.5 Å². The van der Waals surface area contributed by atoms with Gasteiger partial charge in [0, 0.05) is 23.5 Å². The van der Waals surface area contributed by atoms with Gasteiger partial charge in [0.25, 0.3) is 5.91 Å². The first-order chi connectivity index (χ1) is 8.49. The molecule has 1 aliphatic rings. The van der Waals surface area contributed by atoms with Gasteiger partial charge < -0.3 is 10.0 Å². The third-order valence-corrected chi connectivity index (χ3v) is 3.85. The molecule has 18 heavy (non-hydrogen) atoms. The van der Waals surface area contributed by atoms with E-state index in [-0.39, 0.29) is 17.4 Å². The highest BCUT2D eigenvalue weighted by atomic mass is 79.9. The van der Waals surface area contributed by atoms with Crippen molar-refractivity contribution in [3.8, 4) is 0 Å². The molecule has 2 rings (SSSR count). The highest BCUT2D eigenvalue weighted by molar-refractivity contribution is 9.10. The summed E-state index contributed by atoms with van der Waals surface area (Å²) < 4.78 is 14.3. The molecule has 2 atom stereocenters. The van der Waals surface area contributed by atoms with Crippen LogP contribution in [0.1, 0.15) is 23.7 Å². The van der Waals surface area contributed by atoms with E-state index in [4.69, 9.17) is 0 Å². The highest BCUT2D eigenvalue weighted by Gasteiger charge is 2.30. The Kier molecular flexibility index (Phi) is 4.02. The van der Waals surface area contributed by atoms with Gasteiger partial charge in [-0.2, -0.15) is 0 Å². The summed E-state index contributed by atoms with van der Waals surface area (Å²) in [6.07, 6.45) is 0.333. The molecule has 1 aromatic rings. The van der Waals surface area contributed by atoms with Crippen molar-refractivity contribution < 1.29 is 14.3 Å². The third-order valence-electron chi connectivity index (χ3n) is 3.36. The number of rotatable bonds is 2. The van der Waals surface area contributed by atoms with Crippen LogP contribution < -0.4 is 0 Å². The average Bonchev–Trinajstić information content (AvgIpc) is 2.77. The van der Waals surface area contributed by atoms with Gasteiger partial charge in [-0.25, -0.2) is 4.39 Å². The molecular weight excluding hydrogens is 301 g/mol. The molecule has 3 nitrogen and oxygen atoms in total. The lowest BCUT2D eigenvalue weighted by molar-refractivity contribution is 0.0758. The molecule has 5 heteroatoms. The second kappa shape index (κ2) is 5.36. The van der Waals surface area contributed by atoms with E-state index in [2.05, 4.69) is 15.9 Å². The van der Waals surface area contributed by atoms with Gasteiger partial charge in [-0.3, -0.25) is 4.79 Å². The first-order valence-electron chi connectivity index (χ1n) is 5.91. The van der Waals surface area contributed by atoms with Crippen molar-refractivity contribution in [2.24, 2.45) is 5.92 Å². The van der Waals surface area contributed by atoms with Crippen LogP contribution >= 0.6 is 15.9 Å². The van der Waals surface area contributed by atoms with Gasteiger partial charge in [-0.1, -0.05) is 15.9 Å². The molecule has 0 aliphatic carbocycles. The summed E-state index contributed by atoms with van der Waals surface area (Å²) >= 11 is 3.16. The Labute approximate surface area is 114 Å². The van der Waals surface area contributed by atoms with Gasteiger partial charge in [-0.05, 0) is 31.5 Å². The number of aliphatic hydroxyl groups is 1. The Morgan fingerprint density at radius 2 is 2.33 bits per heavy atom. The number of aliphatic hydroxyl groups excluding tert-OH is 1. The number of hydrogen-bond donors (Lipinski definition) is 1. The Bertz CT molecular complexity index is 464. The van der Waals surface area contributed by atoms with Crippen molar-refractivity contribution in [3.05, 3.63) is 34.1 Å². The Morgan fingerprint density at radius 3 is 2.89 bits per heavy atom. The SMILES string of the molecule is CC(O)C1CCN(C(=O)c2ccc(Br)cc2F)C1. The van der Waals surface area contributed by atoms with Crippen LogP contribution in [0.15, 0.2) is 22.7 Å². The molecule has 2 unspecified atom stereocenters. The molecule has 1 aliphatic heterocycles. The zero-order valence-corrected chi connectivity index (χ0v) is 11.7. The van der Waals surface area contributed by atoms with Gasteiger partial charge in [0.1, 0.15) is 5.82 Å². The summed E-state index contributed by atoms with van der Waals surface area (Å²) in [5.41, 5.74) is 0.0874. The molecule has 0 spiro atoms. The number of amides is 1. The van der Waals surface area contributed by atoms with E-state index in [1.165, 1.54) is 12.1 Å². The fraction of sp³-hybridized carbons (Fsp3) is 0.462. The normalized spacial score (nSPS) is 21.1. The van der Waals surface area contributed by atoms with Crippen molar-refractivity contribution in [3.63, 3.8) is 0 Å². The van der Waals surface area contributed by atoms with Crippen LogP contribution in [0.5, 0.6) is 0 Å². The van der Waals surface area contributed by atoms with Crippen LogP contribution in [0.2, 0.25) is 0 Å². The standard InChI is InChI=1S/C13H15BrFNO2/c1-8(17)9-4-5-16(7-9)13(18)11-3-2-10(14)6-12(11)15/h2-3,6,8-9,17H,4-5,7H2,1H3. The summed E-state index contributed by atoms with van der Waals surface area (Å²) in [5, 5.41) is 9.50. The molecule has 0 aromatic heterocycles. The Morgan fingerprint density at radius 1 is 1.61 bits per heavy atom. The van der Waals surface area contributed by atoms with E-state index in [0.717, 1.165) is 6.42 Å². The lowest BCUT2D eigenvalue weighted by Crippen LogP contribution is -2.31. The second-order valence-electron chi connectivity index (χ2n) is 4.66. The van der Waals surface area contributed by atoms with Crippen molar-refractivity contribution >= 4 is 21.8 Å². The summed E-state index contributed by atoms with van der Waals surface area (Å²) in [6, 6.07) is 4.42. The number of hydrogen-bond acceptors (Lipinski definition) is 2. The number of halogens is 2. The smallest absolute Gasteiger partial charge is 0.256 e. The van der Waals surface area contributed by atoms with Gasteiger partial charge in [-0.15, -0.1) is 0 Å². The number of carbonyl (C=O) groups is 1. The molecule has 1 heterocycles. The molecule has 1 N–H and O–H groups in total. The summed E-state index contributed by atoms with van der Waals surface area (Å²) in [6.45, 7) is 2.79. The van der Waals surface area contributed by atoms with E-state index in [9.17, 15) is 14.3 Å². The van der Waals surface area contributed by atoms with E-state index in [1.54, 1.807) is 17.9 Å². The quantitative estimate of drug-likeness (QED) is 0.910. The van der Waals surface area contributed by atoms with Crippen LogP contribution in [-0.2, 0) is 0 Å². The number of likely N-dealkylation sites (tertiary alicyclic amines) is 1. The highest BCUT2D eigenvalue weighted by Crippen LogP contribution is 2.23. The fourth-order valence-corrected chi connectivity index (χ4v) is 2.53. The predicted molar refractivity (Wildman–Crippen MR) is 69.8 cm³/mol. The van der Waals surface area contributed by atoms with Crippen molar-refractivity contribution in [2.75, 3.05) is 13.1 Å². The lowest BCUT2D eigenvalue weighted by atomic mass is 10.0. The maximum absolute atomic E-state index is 13.7. The van der Waals surface area contributed by atoms with Crippen LogP contribution in [0.3, 0.4) is 0 Å². The molecular formula is C13H15BrFNO2. The largest absolute Gasteiger partial charge is 0.393 e. The first-order valence-corrected chi connectivity index (χ1v) is 6.70. The van der Waals surface area contributed by atoms with E-state index in [0.29, 0.717) is 17.6 Å². The van der Waals surface area contributed by atoms with Crippen molar-refractivity contribution in [1.82, 2.24) is 4.90 Å². The number of benzene rings is 1. The van der Waals surface area contributed by atoms with Crippen LogP contribution in [0.4, 0.5) is 4.39 Å². The molecule has 1 fully saturated rings. The molecule has 98 valence electrons. The Hall–Kier alpha value is -0.940. The summed E-state index contributed by atoms with van der Waals surface area (Å²) in [7, 11) is 0. The van der Waals surface area contributed by atoms with Crippen LogP contribution in [0.25, 0.3) is 0 Å². The lowest BCUT2D eigenvalue weighted by Gasteiger charge is -2.18. The molecule has 1 aromatic carbocycles. The Balaban J connectivity index is 2.13. The monoisotopic (exact) mass is 315 g/mol.